The normalized spacial score (nSPS) is 12.1. The van der Waals surface area contributed by atoms with Gasteiger partial charge in [-0.25, -0.2) is 0 Å². The number of thiophene rings is 1. The van der Waals surface area contributed by atoms with Gasteiger partial charge in [-0.3, -0.25) is 14.5 Å². The van der Waals surface area contributed by atoms with Gasteiger partial charge in [-0.15, -0.1) is 0 Å². The number of rotatable bonds is 6. The predicted molar refractivity (Wildman–Crippen MR) is 99.8 cm³/mol. The third-order valence-electron chi connectivity index (χ3n) is 4.34. The number of pyridine rings is 1. The highest BCUT2D eigenvalue weighted by Crippen LogP contribution is 2.21. The lowest BCUT2D eigenvalue weighted by Crippen LogP contribution is -2.31. The van der Waals surface area contributed by atoms with Crippen LogP contribution in [0.15, 0.2) is 41.4 Å². The summed E-state index contributed by atoms with van der Waals surface area (Å²) < 4.78 is 1.67. The molecule has 3 rings (SSSR count). The predicted octanol–water partition coefficient (Wildman–Crippen LogP) is 3.46. The number of aryl methyl sites for hydroxylation is 2. The maximum atomic E-state index is 12.9. The summed E-state index contributed by atoms with van der Waals surface area (Å²) in [4.78, 5) is 17.1. The second kappa shape index (κ2) is 7.61. The first kappa shape index (κ1) is 17.4. The molecule has 0 aliphatic heterocycles. The Balaban J connectivity index is 1.87. The maximum absolute atomic E-state index is 12.9. The summed E-state index contributed by atoms with van der Waals surface area (Å²) in [7, 11) is 1.82. The lowest BCUT2D eigenvalue weighted by molar-refractivity contribution is 0.0926. The van der Waals surface area contributed by atoms with Crippen LogP contribution in [0.25, 0.3) is 0 Å². The summed E-state index contributed by atoms with van der Waals surface area (Å²) in [5.41, 5.74) is 4.73. The first-order valence-corrected chi connectivity index (χ1v) is 9.28. The van der Waals surface area contributed by atoms with Crippen molar-refractivity contribution in [2.45, 2.75) is 32.7 Å². The van der Waals surface area contributed by atoms with E-state index in [2.05, 4.69) is 32.2 Å². The molecule has 5 nitrogen and oxygen atoms in total. The Kier molecular flexibility index (Phi) is 5.28. The van der Waals surface area contributed by atoms with Crippen LogP contribution in [0.1, 0.15) is 45.8 Å². The van der Waals surface area contributed by atoms with Crippen molar-refractivity contribution in [3.8, 4) is 0 Å². The van der Waals surface area contributed by atoms with Gasteiger partial charge < -0.3 is 5.32 Å². The quantitative estimate of drug-likeness (QED) is 0.737. The summed E-state index contributed by atoms with van der Waals surface area (Å²) in [6.45, 7) is 4.00. The number of amides is 1. The van der Waals surface area contributed by atoms with Crippen LogP contribution in [0.2, 0.25) is 0 Å². The molecule has 0 radical (unpaired) electrons. The summed E-state index contributed by atoms with van der Waals surface area (Å²) in [6, 6.07) is 5.85. The van der Waals surface area contributed by atoms with Crippen molar-refractivity contribution in [2.75, 3.05) is 0 Å². The van der Waals surface area contributed by atoms with Gasteiger partial charge in [0.25, 0.3) is 5.91 Å². The molecule has 0 bridgehead atoms. The van der Waals surface area contributed by atoms with E-state index in [0.717, 1.165) is 29.7 Å². The van der Waals surface area contributed by atoms with Crippen LogP contribution in [0.4, 0.5) is 0 Å². The summed E-state index contributed by atoms with van der Waals surface area (Å²) in [5, 5.41) is 11.8. The maximum Gasteiger partial charge on any atom is 0.270 e. The van der Waals surface area contributed by atoms with Gasteiger partial charge in [0.05, 0.1) is 11.7 Å². The SMILES string of the molecule is CCc1nn(C)c(C(=O)N[C@H](Cc2ccsc2)c2cccnc2)c1C. The molecule has 1 atom stereocenters. The average molecular weight is 354 g/mol. The van der Waals surface area contributed by atoms with E-state index in [9.17, 15) is 4.79 Å². The smallest absolute Gasteiger partial charge is 0.270 e. The highest BCUT2D eigenvalue weighted by atomic mass is 32.1. The van der Waals surface area contributed by atoms with Crippen molar-refractivity contribution in [3.63, 3.8) is 0 Å². The molecule has 0 aliphatic carbocycles. The fourth-order valence-corrected chi connectivity index (χ4v) is 3.73. The largest absolute Gasteiger partial charge is 0.344 e. The van der Waals surface area contributed by atoms with Crippen molar-refractivity contribution in [1.82, 2.24) is 20.1 Å². The molecule has 0 unspecified atom stereocenters. The minimum absolute atomic E-state index is 0.101. The van der Waals surface area contributed by atoms with Crippen LogP contribution < -0.4 is 5.32 Å². The molecule has 0 spiro atoms. The van der Waals surface area contributed by atoms with Crippen LogP contribution in [0.5, 0.6) is 0 Å². The Morgan fingerprint density at radius 3 is 2.84 bits per heavy atom. The van der Waals surface area contributed by atoms with E-state index in [0.29, 0.717) is 5.69 Å². The third-order valence-corrected chi connectivity index (χ3v) is 5.08. The Labute approximate surface area is 151 Å². The molecule has 0 fully saturated rings. The van der Waals surface area contributed by atoms with Gasteiger partial charge in [-0.05, 0) is 53.8 Å². The lowest BCUT2D eigenvalue weighted by atomic mass is 10.0. The summed E-state index contributed by atoms with van der Waals surface area (Å²) in [6.07, 6.45) is 5.10. The number of carbonyl (C=O) groups excluding carboxylic acids is 1. The molecule has 3 aromatic rings. The molecule has 0 saturated heterocycles. The molecule has 0 saturated carbocycles. The van der Waals surface area contributed by atoms with E-state index < -0.39 is 0 Å². The third kappa shape index (κ3) is 3.79. The fraction of sp³-hybridized carbons (Fsp3) is 0.316. The van der Waals surface area contributed by atoms with Gasteiger partial charge in [-0.1, -0.05) is 13.0 Å². The van der Waals surface area contributed by atoms with Crippen molar-refractivity contribution in [2.24, 2.45) is 7.05 Å². The van der Waals surface area contributed by atoms with Crippen LogP contribution in [-0.4, -0.2) is 20.7 Å². The van der Waals surface area contributed by atoms with Gasteiger partial charge >= 0.3 is 0 Å². The highest BCUT2D eigenvalue weighted by Gasteiger charge is 2.22. The van der Waals surface area contributed by atoms with Crippen molar-refractivity contribution in [1.29, 1.82) is 0 Å². The molecular weight excluding hydrogens is 332 g/mol. The number of nitrogens with one attached hydrogen (secondary N) is 1. The molecular formula is C19H22N4OS. The van der Waals surface area contributed by atoms with Crippen LogP contribution in [-0.2, 0) is 19.9 Å². The van der Waals surface area contributed by atoms with Crippen LogP contribution in [0, 0.1) is 6.92 Å². The van der Waals surface area contributed by atoms with E-state index in [-0.39, 0.29) is 11.9 Å². The molecule has 6 heteroatoms. The van der Waals surface area contributed by atoms with Gasteiger partial charge in [0, 0.05) is 25.0 Å². The van der Waals surface area contributed by atoms with E-state index >= 15 is 0 Å². The van der Waals surface area contributed by atoms with Crippen molar-refractivity contribution < 1.29 is 4.79 Å². The molecule has 3 aromatic heterocycles. The van der Waals surface area contributed by atoms with E-state index in [1.807, 2.05) is 39.2 Å². The minimum Gasteiger partial charge on any atom is -0.344 e. The fourth-order valence-electron chi connectivity index (χ4n) is 3.04. The van der Waals surface area contributed by atoms with Crippen LogP contribution >= 0.6 is 11.3 Å². The van der Waals surface area contributed by atoms with Crippen LogP contribution in [0.3, 0.4) is 0 Å². The van der Waals surface area contributed by atoms with Gasteiger partial charge in [0.15, 0.2) is 0 Å². The van der Waals surface area contributed by atoms with E-state index in [4.69, 9.17) is 0 Å². The van der Waals surface area contributed by atoms with Crippen molar-refractivity contribution >= 4 is 17.2 Å². The molecule has 1 N–H and O–H groups in total. The van der Waals surface area contributed by atoms with E-state index in [1.54, 1.807) is 22.2 Å². The number of hydrogen-bond acceptors (Lipinski definition) is 4. The van der Waals surface area contributed by atoms with Gasteiger partial charge in [0.2, 0.25) is 0 Å². The van der Waals surface area contributed by atoms with E-state index in [1.165, 1.54) is 5.56 Å². The number of hydrogen-bond donors (Lipinski definition) is 1. The van der Waals surface area contributed by atoms with Crippen molar-refractivity contribution in [3.05, 3.63) is 69.4 Å². The van der Waals surface area contributed by atoms with Gasteiger partial charge in [0.1, 0.15) is 5.69 Å². The Hall–Kier alpha value is -2.47. The average Bonchev–Trinajstić information content (AvgIpc) is 3.22. The molecule has 0 aromatic carbocycles. The second-order valence-electron chi connectivity index (χ2n) is 6.05. The number of nitrogens with zero attached hydrogens (tertiary/aromatic N) is 3. The topological polar surface area (TPSA) is 59.8 Å². The first-order chi connectivity index (χ1) is 12.1. The lowest BCUT2D eigenvalue weighted by Gasteiger charge is -2.19. The van der Waals surface area contributed by atoms with Gasteiger partial charge in [-0.2, -0.15) is 16.4 Å². The first-order valence-electron chi connectivity index (χ1n) is 8.34. The molecule has 130 valence electrons. The molecule has 3 heterocycles. The summed E-state index contributed by atoms with van der Waals surface area (Å²) in [5.74, 6) is -0.101. The number of aromatic nitrogens is 3. The molecule has 0 aliphatic rings. The zero-order valence-electron chi connectivity index (χ0n) is 14.7. The zero-order chi connectivity index (χ0) is 17.8. The standard InChI is InChI=1S/C19H22N4OS/c1-4-16-13(2)18(23(3)22-16)19(24)21-17(10-14-7-9-25-12-14)15-6-5-8-20-11-15/h5-9,11-12,17H,4,10H2,1-3H3,(H,21,24)/t17-/m1/s1. The molecule has 25 heavy (non-hydrogen) atoms. The zero-order valence-corrected chi connectivity index (χ0v) is 15.5. The Morgan fingerprint density at radius 1 is 1.40 bits per heavy atom. The Bertz CT molecular complexity index is 840. The summed E-state index contributed by atoms with van der Waals surface area (Å²) >= 11 is 1.66. The highest BCUT2D eigenvalue weighted by molar-refractivity contribution is 7.07. The number of carbonyl (C=O) groups is 1. The minimum atomic E-state index is -0.129. The monoisotopic (exact) mass is 354 g/mol. The Morgan fingerprint density at radius 2 is 2.24 bits per heavy atom. The molecule has 1 amide bonds. The second-order valence-corrected chi connectivity index (χ2v) is 6.83.